The van der Waals surface area contributed by atoms with E-state index in [1.165, 1.54) is 0 Å². The Kier molecular flexibility index (Phi) is 5.59. The summed E-state index contributed by atoms with van der Waals surface area (Å²) < 4.78 is 5.43. The molecular formula is C20H22N4O2. The van der Waals surface area contributed by atoms with Gasteiger partial charge in [0.2, 0.25) is 0 Å². The van der Waals surface area contributed by atoms with Crippen LogP contribution in [-0.2, 0) is 0 Å². The molecule has 26 heavy (non-hydrogen) atoms. The molecule has 6 heteroatoms. The maximum atomic E-state index is 12.1. The van der Waals surface area contributed by atoms with Crippen LogP contribution in [0.15, 0.2) is 48.5 Å². The number of nitrogens with one attached hydrogen (secondary N) is 2. The van der Waals surface area contributed by atoms with Gasteiger partial charge in [-0.15, -0.1) is 0 Å². The standard InChI is InChI=1S/C20H22N4O2/c1-26-19-5-3-2-4-18(19)24-11-10-16(14-24)13-22-20(25)23-17-8-6-15(12-21)7-9-17/h2-9,16H,10-11,13-14H2,1H3,(H2,22,23,25)/t16-/m1/s1. The lowest BCUT2D eigenvalue weighted by molar-refractivity contribution is 0.250. The predicted molar refractivity (Wildman–Crippen MR) is 101 cm³/mol. The molecule has 0 aromatic heterocycles. The molecule has 6 nitrogen and oxygen atoms in total. The molecule has 2 N–H and O–H groups in total. The Morgan fingerprint density at radius 3 is 2.77 bits per heavy atom. The van der Waals surface area contributed by atoms with E-state index < -0.39 is 0 Å². The molecule has 0 bridgehead atoms. The molecule has 0 saturated carbocycles. The number of nitrogens with zero attached hydrogens (tertiary/aromatic N) is 2. The van der Waals surface area contributed by atoms with Crippen LogP contribution in [0.4, 0.5) is 16.2 Å². The van der Waals surface area contributed by atoms with Gasteiger partial charge < -0.3 is 20.3 Å². The minimum atomic E-state index is -0.231. The third-order valence-corrected chi connectivity index (χ3v) is 4.53. The number of benzene rings is 2. The van der Waals surface area contributed by atoms with Gasteiger partial charge in [0.1, 0.15) is 5.75 Å². The van der Waals surface area contributed by atoms with E-state index in [9.17, 15) is 4.79 Å². The van der Waals surface area contributed by atoms with Gasteiger partial charge in [0.25, 0.3) is 0 Å². The summed E-state index contributed by atoms with van der Waals surface area (Å²) in [6.45, 7) is 2.45. The van der Waals surface area contributed by atoms with Gasteiger partial charge in [-0.25, -0.2) is 4.79 Å². The SMILES string of the molecule is COc1ccccc1N1CC[C@H](CNC(=O)Nc2ccc(C#N)cc2)C1. The molecule has 1 heterocycles. The van der Waals surface area contributed by atoms with Crippen molar-refractivity contribution in [3.8, 4) is 11.8 Å². The first-order chi connectivity index (χ1) is 12.7. The summed E-state index contributed by atoms with van der Waals surface area (Å²) in [5.74, 6) is 1.27. The van der Waals surface area contributed by atoms with E-state index in [1.54, 1.807) is 31.4 Å². The summed E-state index contributed by atoms with van der Waals surface area (Å²) in [5.41, 5.74) is 2.33. The first-order valence-corrected chi connectivity index (χ1v) is 8.62. The smallest absolute Gasteiger partial charge is 0.319 e. The van der Waals surface area contributed by atoms with Crippen LogP contribution in [0.1, 0.15) is 12.0 Å². The van der Waals surface area contributed by atoms with E-state index in [-0.39, 0.29) is 6.03 Å². The van der Waals surface area contributed by atoms with Crippen molar-refractivity contribution in [3.63, 3.8) is 0 Å². The van der Waals surface area contributed by atoms with Crippen molar-refractivity contribution < 1.29 is 9.53 Å². The average Bonchev–Trinajstić information content (AvgIpc) is 3.16. The molecule has 0 radical (unpaired) electrons. The first kappa shape index (κ1) is 17.6. The summed E-state index contributed by atoms with van der Waals surface area (Å²) in [5, 5.41) is 14.5. The molecule has 0 aliphatic carbocycles. The Hall–Kier alpha value is -3.20. The minimum Gasteiger partial charge on any atom is -0.495 e. The molecule has 0 unspecified atom stereocenters. The normalized spacial score (nSPS) is 16.0. The number of hydrogen-bond acceptors (Lipinski definition) is 4. The zero-order chi connectivity index (χ0) is 18.4. The van der Waals surface area contributed by atoms with Crippen molar-refractivity contribution in [2.45, 2.75) is 6.42 Å². The van der Waals surface area contributed by atoms with E-state index in [4.69, 9.17) is 10.00 Å². The number of amides is 2. The molecule has 134 valence electrons. The molecule has 1 aliphatic rings. The van der Waals surface area contributed by atoms with Crippen LogP contribution in [0, 0.1) is 17.2 Å². The minimum absolute atomic E-state index is 0.231. The molecule has 3 rings (SSSR count). The van der Waals surface area contributed by atoms with E-state index in [2.05, 4.69) is 27.7 Å². The van der Waals surface area contributed by atoms with Crippen LogP contribution in [0.5, 0.6) is 5.75 Å². The lowest BCUT2D eigenvalue weighted by Crippen LogP contribution is -2.34. The average molecular weight is 350 g/mol. The maximum absolute atomic E-state index is 12.1. The molecule has 0 spiro atoms. The number of hydrogen-bond donors (Lipinski definition) is 2. The Balaban J connectivity index is 1.48. The van der Waals surface area contributed by atoms with E-state index in [0.29, 0.717) is 23.7 Å². The van der Waals surface area contributed by atoms with Crippen molar-refractivity contribution in [2.24, 2.45) is 5.92 Å². The molecule has 1 aliphatic heterocycles. The lowest BCUT2D eigenvalue weighted by atomic mass is 10.1. The van der Waals surface area contributed by atoms with E-state index >= 15 is 0 Å². The molecule has 2 aromatic rings. The number of anilines is 2. The van der Waals surface area contributed by atoms with Gasteiger partial charge in [-0.1, -0.05) is 12.1 Å². The maximum Gasteiger partial charge on any atom is 0.319 e. The van der Waals surface area contributed by atoms with Crippen LogP contribution >= 0.6 is 0 Å². The topological polar surface area (TPSA) is 77.4 Å². The number of carbonyl (C=O) groups excluding carboxylic acids is 1. The van der Waals surface area contributed by atoms with Crippen molar-refractivity contribution >= 4 is 17.4 Å². The highest BCUT2D eigenvalue weighted by atomic mass is 16.5. The zero-order valence-corrected chi connectivity index (χ0v) is 14.7. The van der Waals surface area contributed by atoms with Gasteiger partial charge in [0.15, 0.2) is 0 Å². The fourth-order valence-corrected chi connectivity index (χ4v) is 3.15. The van der Waals surface area contributed by atoms with E-state index in [1.807, 2.05) is 18.2 Å². The quantitative estimate of drug-likeness (QED) is 0.868. The lowest BCUT2D eigenvalue weighted by Gasteiger charge is -2.21. The highest BCUT2D eigenvalue weighted by molar-refractivity contribution is 5.89. The zero-order valence-electron chi connectivity index (χ0n) is 14.7. The summed E-state index contributed by atoms with van der Waals surface area (Å²) in [4.78, 5) is 14.4. The molecule has 2 amide bonds. The third-order valence-electron chi connectivity index (χ3n) is 4.53. The number of carbonyl (C=O) groups is 1. The van der Waals surface area contributed by atoms with Crippen molar-refractivity contribution in [1.29, 1.82) is 5.26 Å². The first-order valence-electron chi connectivity index (χ1n) is 8.62. The van der Waals surface area contributed by atoms with E-state index in [0.717, 1.165) is 30.9 Å². The highest BCUT2D eigenvalue weighted by Crippen LogP contribution is 2.31. The molecule has 1 saturated heterocycles. The Morgan fingerprint density at radius 2 is 2.04 bits per heavy atom. The van der Waals surface area contributed by atoms with Crippen LogP contribution < -0.4 is 20.3 Å². The van der Waals surface area contributed by atoms with Crippen LogP contribution in [0.2, 0.25) is 0 Å². The number of ether oxygens (including phenoxy) is 1. The second-order valence-electron chi connectivity index (χ2n) is 6.30. The number of para-hydroxylation sites is 2. The van der Waals surface area contributed by atoms with Gasteiger partial charge in [0, 0.05) is 25.3 Å². The van der Waals surface area contributed by atoms with Crippen LogP contribution in [-0.4, -0.2) is 32.8 Å². The van der Waals surface area contributed by atoms with Gasteiger partial charge in [0.05, 0.1) is 24.4 Å². The summed E-state index contributed by atoms with van der Waals surface area (Å²) >= 11 is 0. The van der Waals surface area contributed by atoms with Crippen LogP contribution in [0.3, 0.4) is 0 Å². The summed E-state index contributed by atoms with van der Waals surface area (Å²) in [6, 6.07) is 16.6. The second kappa shape index (κ2) is 8.26. The Labute approximate surface area is 153 Å². The summed E-state index contributed by atoms with van der Waals surface area (Å²) in [6.07, 6.45) is 1.02. The summed E-state index contributed by atoms with van der Waals surface area (Å²) in [7, 11) is 1.68. The van der Waals surface area contributed by atoms with Gasteiger partial charge in [-0.3, -0.25) is 0 Å². The predicted octanol–water partition coefficient (Wildman–Crippen LogP) is 3.21. The van der Waals surface area contributed by atoms with Gasteiger partial charge in [-0.2, -0.15) is 5.26 Å². The Bertz CT molecular complexity index is 798. The fraction of sp³-hybridized carbons (Fsp3) is 0.300. The second-order valence-corrected chi connectivity index (χ2v) is 6.30. The molecule has 2 aromatic carbocycles. The van der Waals surface area contributed by atoms with Gasteiger partial charge >= 0.3 is 6.03 Å². The van der Waals surface area contributed by atoms with Crippen LogP contribution in [0.25, 0.3) is 0 Å². The number of rotatable bonds is 5. The van der Waals surface area contributed by atoms with Crippen molar-refractivity contribution in [1.82, 2.24) is 5.32 Å². The van der Waals surface area contributed by atoms with Crippen molar-refractivity contribution in [3.05, 3.63) is 54.1 Å². The van der Waals surface area contributed by atoms with Gasteiger partial charge in [-0.05, 0) is 48.7 Å². The fourth-order valence-electron chi connectivity index (χ4n) is 3.15. The number of methoxy groups -OCH3 is 1. The van der Waals surface area contributed by atoms with Crippen molar-refractivity contribution in [2.75, 3.05) is 37.0 Å². The Morgan fingerprint density at radius 1 is 1.27 bits per heavy atom. The molecule has 1 atom stereocenters. The third kappa shape index (κ3) is 4.25. The largest absolute Gasteiger partial charge is 0.495 e. The number of nitriles is 1. The highest BCUT2D eigenvalue weighted by Gasteiger charge is 2.24. The molecule has 1 fully saturated rings. The monoisotopic (exact) mass is 350 g/mol. The number of urea groups is 1. The molecular weight excluding hydrogens is 328 g/mol.